The maximum absolute atomic E-state index is 12.6. The quantitative estimate of drug-likeness (QED) is 0.325. The third kappa shape index (κ3) is 5.90. The number of likely N-dealkylation sites (tertiary alicyclic amines) is 1. The van der Waals surface area contributed by atoms with Gasteiger partial charge < -0.3 is 31.5 Å². The topological polar surface area (TPSA) is 162 Å². The fraction of sp³-hybridized carbons (Fsp3) is 0.778. The Labute approximate surface area is 164 Å². The summed E-state index contributed by atoms with van der Waals surface area (Å²) in [5.41, 5.74) is 6.01. The molecule has 0 bridgehead atoms. The van der Waals surface area contributed by atoms with Crippen molar-refractivity contribution in [2.45, 2.75) is 77.2 Å². The summed E-state index contributed by atoms with van der Waals surface area (Å²) in [6.07, 6.45) is 0.558. The summed E-state index contributed by atoms with van der Waals surface area (Å²) in [5.74, 6) is -2.92. The zero-order valence-electron chi connectivity index (χ0n) is 16.8. The molecule has 1 saturated heterocycles. The lowest BCUT2D eigenvalue weighted by Crippen LogP contribution is -2.57. The van der Waals surface area contributed by atoms with Crippen molar-refractivity contribution in [3.05, 3.63) is 0 Å². The Morgan fingerprint density at radius 3 is 2.29 bits per heavy atom. The summed E-state index contributed by atoms with van der Waals surface area (Å²) in [7, 11) is 0. The smallest absolute Gasteiger partial charge is 0.328 e. The molecular weight excluding hydrogens is 368 g/mol. The van der Waals surface area contributed by atoms with Crippen LogP contribution in [0.2, 0.25) is 0 Å². The van der Waals surface area contributed by atoms with Crippen LogP contribution in [0.3, 0.4) is 0 Å². The molecule has 1 aliphatic heterocycles. The fourth-order valence-corrected chi connectivity index (χ4v) is 3.03. The van der Waals surface area contributed by atoms with Crippen molar-refractivity contribution in [1.82, 2.24) is 15.5 Å². The first kappa shape index (κ1) is 23.8. The van der Waals surface area contributed by atoms with Crippen LogP contribution in [0.15, 0.2) is 0 Å². The van der Waals surface area contributed by atoms with E-state index in [1.807, 2.05) is 13.8 Å². The van der Waals surface area contributed by atoms with Crippen molar-refractivity contribution in [3.8, 4) is 0 Å². The number of aliphatic hydroxyl groups is 1. The van der Waals surface area contributed by atoms with Crippen molar-refractivity contribution in [2.24, 2.45) is 11.7 Å². The second kappa shape index (κ2) is 10.4. The van der Waals surface area contributed by atoms with Crippen LogP contribution in [-0.4, -0.2) is 75.6 Å². The minimum absolute atomic E-state index is 0.0186. The number of carbonyl (C=O) groups excluding carboxylic acids is 3. The number of rotatable bonds is 9. The lowest BCUT2D eigenvalue weighted by atomic mass is 9.98. The average molecular weight is 400 g/mol. The highest BCUT2D eigenvalue weighted by molar-refractivity contribution is 5.94. The monoisotopic (exact) mass is 400 g/mol. The first-order valence-electron chi connectivity index (χ1n) is 9.58. The van der Waals surface area contributed by atoms with Crippen LogP contribution in [-0.2, 0) is 19.2 Å². The molecule has 160 valence electrons. The van der Waals surface area contributed by atoms with Crippen LogP contribution in [0, 0.1) is 5.92 Å². The molecule has 3 amide bonds. The molecular formula is C18H32N4O6. The first-order valence-corrected chi connectivity index (χ1v) is 9.58. The Hall–Kier alpha value is -2.20. The summed E-state index contributed by atoms with van der Waals surface area (Å²) < 4.78 is 0. The fourth-order valence-electron chi connectivity index (χ4n) is 3.03. The van der Waals surface area contributed by atoms with Gasteiger partial charge in [-0.25, -0.2) is 4.79 Å². The van der Waals surface area contributed by atoms with E-state index in [9.17, 15) is 24.3 Å². The van der Waals surface area contributed by atoms with E-state index in [2.05, 4.69) is 10.6 Å². The molecule has 0 aromatic carbocycles. The van der Waals surface area contributed by atoms with E-state index in [1.165, 1.54) is 18.7 Å². The van der Waals surface area contributed by atoms with Gasteiger partial charge in [0.1, 0.15) is 12.1 Å². The summed E-state index contributed by atoms with van der Waals surface area (Å²) in [6, 6.07) is -3.93. The van der Waals surface area contributed by atoms with Crippen molar-refractivity contribution in [1.29, 1.82) is 0 Å². The van der Waals surface area contributed by atoms with Gasteiger partial charge in [-0.2, -0.15) is 0 Å². The summed E-state index contributed by atoms with van der Waals surface area (Å²) in [4.78, 5) is 49.9. The second-order valence-electron chi connectivity index (χ2n) is 7.40. The number of hydrogen-bond acceptors (Lipinski definition) is 6. The summed E-state index contributed by atoms with van der Waals surface area (Å²) in [5, 5.41) is 23.2. The van der Waals surface area contributed by atoms with Gasteiger partial charge in [-0.15, -0.1) is 0 Å². The number of amides is 3. The molecule has 6 unspecified atom stereocenters. The molecule has 1 aliphatic rings. The number of hydrogen-bond donors (Lipinski definition) is 5. The third-order valence-electron chi connectivity index (χ3n) is 5.18. The minimum atomic E-state index is -1.48. The van der Waals surface area contributed by atoms with E-state index in [1.54, 1.807) is 0 Å². The van der Waals surface area contributed by atoms with Gasteiger partial charge in [0.2, 0.25) is 17.7 Å². The van der Waals surface area contributed by atoms with Gasteiger partial charge >= 0.3 is 5.97 Å². The Bertz CT molecular complexity index is 597. The van der Waals surface area contributed by atoms with Crippen molar-refractivity contribution >= 4 is 23.7 Å². The standard InChI is InChI=1S/C18H32N4O6/c1-5-9(2)13(19)17(26)22-8-6-7-12(22)16(25)20-10(3)15(24)21-14(11(4)23)18(27)28/h9-14,23H,5-8,19H2,1-4H3,(H,20,25)(H,21,24)(H,27,28). The van der Waals surface area contributed by atoms with Gasteiger partial charge in [0, 0.05) is 6.54 Å². The number of carbonyl (C=O) groups is 4. The number of nitrogens with zero attached hydrogens (tertiary/aromatic N) is 1. The number of nitrogens with two attached hydrogens (primary N) is 1. The molecule has 0 spiro atoms. The van der Waals surface area contributed by atoms with Gasteiger partial charge in [-0.3, -0.25) is 14.4 Å². The number of aliphatic carboxylic acids is 1. The second-order valence-corrected chi connectivity index (χ2v) is 7.40. The molecule has 0 saturated carbocycles. The lowest BCUT2D eigenvalue weighted by molar-refractivity contribution is -0.145. The van der Waals surface area contributed by atoms with Gasteiger partial charge in [-0.1, -0.05) is 20.3 Å². The highest BCUT2D eigenvalue weighted by atomic mass is 16.4. The van der Waals surface area contributed by atoms with E-state index < -0.39 is 48.1 Å². The number of aliphatic hydroxyl groups excluding tert-OH is 1. The highest BCUT2D eigenvalue weighted by Gasteiger charge is 2.38. The molecule has 0 aromatic heterocycles. The van der Waals surface area contributed by atoms with Gasteiger partial charge in [0.05, 0.1) is 12.1 Å². The van der Waals surface area contributed by atoms with Crippen molar-refractivity contribution < 1.29 is 29.4 Å². The molecule has 1 fully saturated rings. The maximum atomic E-state index is 12.6. The number of carboxylic acid groups (broad SMARTS) is 1. The average Bonchev–Trinajstić information content (AvgIpc) is 3.13. The lowest BCUT2D eigenvalue weighted by Gasteiger charge is -2.29. The molecule has 1 heterocycles. The molecule has 10 heteroatoms. The molecule has 6 atom stereocenters. The third-order valence-corrected chi connectivity index (χ3v) is 5.18. The summed E-state index contributed by atoms with van der Waals surface area (Å²) in [6.45, 7) is 6.88. The SMILES string of the molecule is CCC(C)C(N)C(=O)N1CCCC1C(=O)NC(C)C(=O)NC(C(=O)O)C(C)O. The van der Waals surface area contributed by atoms with Gasteiger partial charge in [-0.05, 0) is 32.6 Å². The predicted octanol–water partition coefficient (Wildman–Crippen LogP) is -1.19. The van der Waals surface area contributed by atoms with E-state index in [4.69, 9.17) is 10.8 Å². The molecule has 10 nitrogen and oxygen atoms in total. The van der Waals surface area contributed by atoms with Gasteiger partial charge in [0.25, 0.3) is 0 Å². The molecule has 0 radical (unpaired) electrons. The van der Waals surface area contributed by atoms with Crippen LogP contribution in [0.5, 0.6) is 0 Å². The van der Waals surface area contributed by atoms with Crippen molar-refractivity contribution in [2.75, 3.05) is 6.54 Å². The van der Waals surface area contributed by atoms with E-state index in [0.29, 0.717) is 19.4 Å². The van der Waals surface area contributed by atoms with Crippen LogP contribution in [0.4, 0.5) is 0 Å². The molecule has 28 heavy (non-hydrogen) atoms. The van der Waals surface area contributed by atoms with Gasteiger partial charge in [0.15, 0.2) is 6.04 Å². The molecule has 1 rings (SSSR count). The first-order chi connectivity index (χ1) is 13.0. The zero-order valence-corrected chi connectivity index (χ0v) is 16.8. The predicted molar refractivity (Wildman–Crippen MR) is 101 cm³/mol. The summed E-state index contributed by atoms with van der Waals surface area (Å²) >= 11 is 0. The maximum Gasteiger partial charge on any atom is 0.328 e. The molecule has 6 N–H and O–H groups in total. The van der Waals surface area contributed by atoms with E-state index in [-0.39, 0.29) is 11.8 Å². The van der Waals surface area contributed by atoms with Crippen LogP contribution in [0.1, 0.15) is 47.0 Å². The van der Waals surface area contributed by atoms with E-state index in [0.717, 1.165) is 6.42 Å². The Kier molecular flexibility index (Phi) is 8.83. The molecule has 0 aromatic rings. The molecule has 0 aliphatic carbocycles. The largest absolute Gasteiger partial charge is 0.480 e. The van der Waals surface area contributed by atoms with E-state index >= 15 is 0 Å². The minimum Gasteiger partial charge on any atom is -0.480 e. The van der Waals surface area contributed by atoms with Crippen molar-refractivity contribution in [3.63, 3.8) is 0 Å². The Morgan fingerprint density at radius 1 is 1.18 bits per heavy atom. The van der Waals surface area contributed by atoms with Crippen LogP contribution < -0.4 is 16.4 Å². The Morgan fingerprint density at radius 2 is 1.79 bits per heavy atom. The zero-order chi connectivity index (χ0) is 21.6. The number of carboxylic acids is 1. The normalized spacial score (nSPS) is 21.9. The van der Waals surface area contributed by atoms with Crippen LogP contribution in [0.25, 0.3) is 0 Å². The Balaban J connectivity index is 2.73. The van der Waals surface area contributed by atoms with Crippen LogP contribution >= 0.6 is 0 Å². The highest BCUT2D eigenvalue weighted by Crippen LogP contribution is 2.20. The number of nitrogens with one attached hydrogen (secondary N) is 2.